The number of rotatable bonds is 5. The van der Waals surface area contributed by atoms with Gasteiger partial charge in [-0.1, -0.05) is 24.6 Å². The van der Waals surface area contributed by atoms with Crippen molar-refractivity contribution in [2.24, 2.45) is 5.92 Å². The first-order valence-electron chi connectivity index (χ1n) is 7.75. The van der Waals surface area contributed by atoms with Crippen molar-refractivity contribution < 1.29 is 14.3 Å². The minimum absolute atomic E-state index is 0.0837. The van der Waals surface area contributed by atoms with Gasteiger partial charge in [0.15, 0.2) is 0 Å². The van der Waals surface area contributed by atoms with Crippen molar-refractivity contribution in [3.05, 3.63) is 29.8 Å². The molecule has 1 saturated heterocycles. The second-order valence-electron chi connectivity index (χ2n) is 5.75. The minimum Gasteiger partial charge on any atom is -0.496 e. The highest BCUT2D eigenvalue weighted by atomic mass is 16.5. The third-order valence-corrected chi connectivity index (χ3v) is 4.12. The van der Waals surface area contributed by atoms with Gasteiger partial charge in [0, 0.05) is 38.0 Å². The normalized spacial score (nSPS) is 18.7. The van der Waals surface area contributed by atoms with Crippen LogP contribution in [0.1, 0.15) is 31.2 Å². The molecule has 1 aliphatic rings. The number of hydrogen-bond donors (Lipinski definition) is 1. The fourth-order valence-electron chi connectivity index (χ4n) is 2.81. The molecule has 1 aromatic rings. The Morgan fingerprint density at radius 1 is 1.36 bits per heavy atom. The smallest absolute Gasteiger partial charge is 0.225 e. The van der Waals surface area contributed by atoms with Gasteiger partial charge in [0.05, 0.1) is 7.11 Å². The second-order valence-corrected chi connectivity index (χ2v) is 5.75. The Labute approximate surface area is 131 Å². The average Bonchev–Trinajstić information content (AvgIpc) is 2.69. The first-order valence-corrected chi connectivity index (χ1v) is 7.75. The van der Waals surface area contributed by atoms with Crippen LogP contribution in [0, 0.1) is 5.92 Å². The third-order valence-electron chi connectivity index (χ3n) is 4.12. The summed E-state index contributed by atoms with van der Waals surface area (Å²) in [7, 11) is 3.42. The van der Waals surface area contributed by atoms with Crippen LogP contribution in [0.4, 0.5) is 0 Å². The number of amides is 2. The molecule has 2 rings (SSSR count). The first-order chi connectivity index (χ1) is 10.6. The molecule has 0 aliphatic carbocycles. The maximum absolute atomic E-state index is 12.2. The van der Waals surface area contributed by atoms with E-state index in [1.54, 1.807) is 12.0 Å². The number of benzene rings is 1. The lowest BCUT2D eigenvalue weighted by atomic mass is 9.98. The van der Waals surface area contributed by atoms with Crippen LogP contribution in [-0.4, -0.2) is 37.4 Å². The Morgan fingerprint density at radius 3 is 2.91 bits per heavy atom. The first kappa shape index (κ1) is 16.3. The maximum atomic E-state index is 12.2. The van der Waals surface area contributed by atoms with Gasteiger partial charge >= 0.3 is 0 Å². The van der Waals surface area contributed by atoms with Crippen LogP contribution in [-0.2, 0) is 16.1 Å². The molecule has 0 saturated carbocycles. The lowest BCUT2D eigenvalue weighted by Crippen LogP contribution is -2.35. The average molecular weight is 304 g/mol. The summed E-state index contributed by atoms with van der Waals surface area (Å²) in [6.45, 7) is 1.21. The molecule has 1 atom stereocenters. The summed E-state index contributed by atoms with van der Waals surface area (Å²) < 4.78 is 5.26. The zero-order valence-electron chi connectivity index (χ0n) is 13.3. The van der Waals surface area contributed by atoms with Crippen LogP contribution in [0.2, 0.25) is 0 Å². The van der Waals surface area contributed by atoms with E-state index in [0.717, 1.165) is 37.1 Å². The molecular formula is C17H24N2O3. The van der Waals surface area contributed by atoms with Gasteiger partial charge in [0.2, 0.25) is 11.8 Å². The predicted molar refractivity (Wildman–Crippen MR) is 84.4 cm³/mol. The van der Waals surface area contributed by atoms with E-state index in [4.69, 9.17) is 4.74 Å². The van der Waals surface area contributed by atoms with Crippen LogP contribution in [0.25, 0.3) is 0 Å². The van der Waals surface area contributed by atoms with E-state index in [2.05, 4.69) is 5.32 Å². The highest BCUT2D eigenvalue weighted by Crippen LogP contribution is 2.20. The fourth-order valence-corrected chi connectivity index (χ4v) is 2.81. The monoisotopic (exact) mass is 304 g/mol. The van der Waals surface area contributed by atoms with Gasteiger partial charge in [-0.2, -0.15) is 0 Å². The van der Waals surface area contributed by atoms with Gasteiger partial charge in [-0.3, -0.25) is 9.59 Å². The molecule has 0 spiro atoms. The quantitative estimate of drug-likeness (QED) is 0.904. The molecule has 5 nitrogen and oxygen atoms in total. The summed E-state index contributed by atoms with van der Waals surface area (Å²) in [5.41, 5.74) is 0.933. The lowest BCUT2D eigenvalue weighted by molar-refractivity contribution is -0.136. The molecule has 1 aromatic carbocycles. The number of para-hydroxylation sites is 1. The Hall–Kier alpha value is -2.04. The SMILES string of the molecule is COc1ccccc1CNC(=O)CC1CCCCN(C)C1=O. The molecule has 1 heterocycles. The van der Waals surface area contributed by atoms with Crippen LogP contribution < -0.4 is 10.1 Å². The number of nitrogens with zero attached hydrogens (tertiary/aromatic N) is 1. The highest BCUT2D eigenvalue weighted by Gasteiger charge is 2.26. The van der Waals surface area contributed by atoms with Gasteiger partial charge in [0.1, 0.15) is 5.75 Å². The van der Waals surface area contributed by atoms with Crippen molar-refractivity contribution >= 4 is 11.8 Å². The van der Waals surface area contributed by atoms with Gasteiger partial charge in [-0.15, -0.1) is 0 Å². The molecule has 0 bridgehead atoms. The largest absolute Gasteiger partial charge is 0.496 e. The molecule has 1 fully saturated rings. The van der Waals surface area contributed by atoms with Crippen molar-refractivity contribution in [2.45, 2.75) is 32.2 Å². The van der Waals surface area contributed by atoms with Crippen molar-refractivity contribution in [2.75, 3.05) is 20.7 Å². The molecule has 120 valence electrons. The predicted octanol–water partition coefficient (Wildman–Crippen LogP) is 1.96. The van der Waals surface area contributed by atoms with E-state index in [-0.39, 0.29) is 24.2 Å². The summed E-state index contributed by atoms with van der Waals surface area (Å²) in [6, 6.07) is 7.59. The van der Waals surface area contributed by atoms with Crippen LogP contribution in [0.3, 0.4) is 0 Å². The summed E-state index contributed by atoms with van der Waals surface area (Å²) in [5, 5.41) is 2.89. The number of ether oxygens (including phenoxy) is 1. The summed E-state index contributed by atoms with van der Waals surface area (Å²) in [5.74, 6) is 0.572. The van der Waals surface area contributed by atoms with Crippen LogP contribution in [0.15, 0.2) is 24.3 Å². The Morgan fingerprint density at radius 2 is 2.14 bits per heavy atom. The lowest BCUT2D eigenvalue weighted by Gasteiger charge is -2.19. The van der Waals surface area contributed by atoms with Crippen molar-refractivity contribution in [3.63, 3.8) is 0 Å². The van der Waals surface area contributed by atoms with Gasteiger partial charge in [-0.25, -0.2) is 0 Å². The number of nitrogens with one attached hydrogen (secondary N) is 1. The van der Waals surface area contributed by atoms with Crippen molar-refractivity contribution in [3.8, 4) is 5.75 Å². The zero-order valence-corrected chi connectivity index (χ0v) is 13.3. The van der Waals surface area contributed by atoms with Gasteiger partial charge < -0.3 is 15.0 Å². The van der Waals surface area contributed by atoms with E-state index < -0.39 is 0 Å². The number of carbonyl (C=O) groups excluding carboxylic acids is 2. The molecule has 0 aromatic heterocycles. The van der Waals surface area contributed by atoms with Gasteiger partial charge in [0.25, 0.3) is 0 Å². The van der Waals surface area contributed by atoms with Crippen molar-refractivity contribution in [1.29, 1.82) is 0 Å². The van der Waals surface area contributed by atoms with E-state index in [1.807, 2.05) is 31.3 Å². The van der Waals surface area contributed by atoms with E-state index in [0.29, 0.717) is 6.54 Å². The summed E-state index contributed by atoms with van der Waals surface area (Å²) in [6.07, 6.45) is 3.08. The molecule has 5 heteroatoms. The fraction of sp³-hybridized carbons (Fsp3) is 0.529. The Balaban J connectivity index is 1.88. The molecule has 1 aliphatic heterocycles. The molecule has 1 unspecified atom stereocenters. The summed E-state index contributed by atoms with van der Waals surface area (Å²) in [4.78, 5) is 26.0. The second kappa shape index (κ2) is 7.82. The van der Waals surface area contributed by atoms with Gasteiger partial charge in [-0.05, 0) is 18.9 Å². The van der Waals surface area contributed by atoms with Crippen LogP contribution in [0.5, 0.6) is 5.75 Å². The maximum Gasteiger partial charge on any atom is 0.225 e. The molecular weight excluding hydrogens is 280 g/mol. The minimum atomic E-state index is -0.190. The Bertz CT molecular complexity index is 530. The van der Waals surface area contributed by atoms with E-state index in [1.165, 1.54) is 0 Å². The third kappa shape index (κ3) is 4.23. The molecule has 0 radical (unpaired) electrons. The standard InChI is InChI=1S/C17H24N2O3/c1-19-10-6-5-7-13(17(19)21)11-16(20)18-12-14-8-3-4-9-15(14)22-2/h3-4,8-9,13H,5-7,10-12H2,1-2H3,(H,18,20). The number of hydrogen-bond acceptors (Lipinski definition) is 3. The molecule has 2 amide bonds. The van der Waals surface area contributed by atoms with Crippen LogP contribution >= 0.6 is 0 Å². The number of carbonyl (C=O) groups is 2. The molecule has 22 heavy (non-hydrogen) atoms. The topological polar surface area (TPSA) is 58.6 Å². The summed E-state index contributed by atoms with van der Waals surface area (Å²) >= 11 is 0. The number of methoxy groups -OCH3 is 1. The number of likely N-dealkylation sites (tertiary alicyclic amines) is 1. The molecule has 1 N–H and O–H groups in total. The Kier molecular flexibility index (Phi) is 5.81. The van der Waals surface area contributed by atoms with E-state index >= 15 is 0 Å². The van der Waals surface area contributed by atoms with Crippen molar-refractivity contribution in [1.82, 2.24) is 10.2 Å². The zero-order chi connectivity index (χ0) is 15.9. The van der Waals surface area contributed by atoms with E-state index in [9.17, 15) is 9.59 Å². The highest BCUT2D eigenvalue weighted by molar-refractivity contribution is 5.85.